The number of hydrogen-bond acceptors (Lipinski definition) is 0. The molecule has 0 nitrogen and oxygen atoms in total. The second-order valence-electron chi connectivity index (χ2n) is 4.25. The van der Waals surface area contributed by atoms with E-state index in [-0.39, 0.29) is 0 Å². The minimum Gasteiger partial charge on any atom is -0.0808 e. The molecule has 1 aliphatic rings. The van der Waals surface area contributed by atoms with Crippen molar-refractivity contribution in [3.8, 4) is 0 Å². The van der Waals surface area contributed by atoms with Crippen molar-refractivity contribution in [2.75, 3.05) is 0 Å². The van der Waals surface area contributed by atoms with Gasteiger partial charge in [-0.25, -0.2) is 0 Å². The molecule has 0 saturated heterocycles. The van der Waals surface area contributed by atoms with E-state index in [2.05, 4.69) is 32.9 Å². The van der Waals surface area contributed by atoms with Gasteiger partial charge < -0.3 is 0 Å². The van der Waals surface area contributed by atoms with Crippen molar-refractivity contribution in [3.63, 3.8) is 0 Å². The molecule has 1 aliphatic carbocycles. The third-order valence-corrected chi connectivity index (χ3v) is 2.84. The summed E-state index contributed by atoms with van der Waals surface area (Å²) < 4.78 is 0. The van der Waals surface area contributed by atoms with Crippen LogP contribution < -0.4 is 0 Å². The van der Waals surface area contributed by atoms with Crippen LogP contribution in [-0.2, 0) is 0 Å². The molecule has 0 aliphatic heterocycles. The Balaban J connectivity index is 2.42. The van der Waals surface area contributed by atoms with Crippen LogP contribution in [0.15, 0.2) is 23.3 Å². The first-order valence-corrected chi connectivity index (χ1v) is 5.62. The molecule has 0 spiro atoms. The molecule has 0 fully saturated rings. The number of hydrogen-bond donors (Lipinski definition) is 0. The highest BCUT2D eigenvalue weighted by Gasteiger charge is 2.08. The van der Waals surface area contributed by atoms with Crippen LogP contribution in [0.1, 0.15) is 52.9 Å². The zero-order valence-electron chi connectivity index (χ0n) is 9.27. The van der Waals surface area contributed by atoms with E-state index >= 15 is 0 Å². The van der Waals surface area contributed by atoms with Crippen LogP contribution in [-0.4, -0.2) is 0 Å². The molecule has 0 radical (unpaired) electrons. The molecular weight excluding hydrogens is 156 g/mol. The fraction of sp³-hybridized carbons (Fsp3) is 0.692. The predicted octanol–water partition coefficient (Wildman–Crippen LogP) is 4.48. The summed E-state index contributed by atoms with van der Waals surface area (Å²) in [6.45, 7) is 6.83. The molecule has 0 N–H and O–H groups in total. The molecule has 0 heterocycles. The van der Waals surface area contributed by atoms with Crippen LogP contribution in [0.4, 0.5) is 0 Å². The summed E-state index contributed by atoms with van der Waals surface area (Å²) in [7, 11) is 0. The second-order valence-corrected chi connectivity index (χ2v) is 4.25. The van der Waals surface area contributed by atoms with E-state index in [4.69, 9.17) is 0 Å². The fourth-order valence-corrected chi connectivity index (χ4v) is 1.88. The average molecular weight is 178 g/mol. The van der Waals surface area contributed by atoms with Gasteiger partial charge in [-0.3, -0.25) is 0 Å². The summed E-state index contributed by atoms with van der Waals surface area (Å²) in [5.74, 6) is 0.764. The Morgan fingerprint density at radius 1 is 1.38 bits per heavy atom. The Kier molecular flexibility index (Phi) is 4.27. The Morgan fingerprint density at radius 2 is 2.15 bits per heavy atom. The standard InChI is InChI=1S/C13H22/c1-4-5-6-7-13-10-11(2)8-9-12(13)3/h9-11H,4-8H2,1-3H3. The zero-order chi connectivity index (χ0) is 9.68. The number of unbranched alkanes of at least 4 members (excludes halogenated alkanes) is 2. The number of allylic oxidation sites excluding steroid dienone is 4. The molecule has 0 bridgehead atoms. The van der Waals surface area contributed by atoms with Gasteiger partial charge >= 0.3 is 0 Å². The van der Waals surface area contributed by atoms with Gasteiger partial charge in [0.05, 0.1) is 0 Å². The van der Waals surface area contributed by atoms with Gasteiger partial charge in [0.15, 0.2) is 0 Å². The third kappa shape index (κ3) is 3.38. The average Bonchev–Trinajstić information content (AvgIpc) is 2.11. The molecule has 1 rings (SSSR count). The molecule has 0 amide bonds. The van der Waals surface area contributed by atoms with Crippen LogP contribution in [0.5, 0.6) is 0 Å². The maximum absolute atomic E-state index is 2.46. The van der Waals surface area contributed by atoms with E-state index < -0.39 is 0 Å². The molecule has 1 atom stereocenters. The second kappa shape index (κ2) is 5.26. The van der Waals surface area contributed by atoms with Gasteiger partial charge in [-0.05, 0) is 37.7 Å². The molecular formula is C13H22. The van der Waals surface area contributed by atoms with Crippen molar-refractivity contribution in [2.24, 2.45) is 5.92 Å². The summed E-state index contributed by atoms with van der Waals surface area (Å²) in [4.78, 5) is 0. The van der Waals surface area contributed by atoms with Gasteiger partial charge in [0.2, 0.25) is 0 Å². The molecule has 1 unspecified atom stereocenters. The normalized spacial score (nSPS) is 22.5. The van der Waals surface area contributed by atoms with Crippen LogP contribution in [0.25, 0.3) is 0 Å². The lowest BCUT2D eigenvalue weighted by molar-refractivity contribution is 0.679. The molecule has 0 aromatic carbocycles. The van der Waals surface area contributed by atoms with Crippen LogP contribution >= 0.6 is 0 Å². The fourth-order valence-electron chi connectivity index (χ4n) is 1.88. The molecule has 0 saturated carbocycles. The first-order chi connectivity index (χ1) is 6.24. The van der Waals surface area contributed by atoms with Crippen molar-refractivity contribution in [2.45, 2.75) is 52.9 Å². The maximum atomic E-state index is 2.46. The quantitative estimate of drug-likeness (QED) is 0.557. The van der Waals surface area contributed by atoms with E-state index in [1.165, 1.54) is 37.7 Å². The van der Waals surface area contributed by atoms with Gasteiger partial charge in [-0.1, -0.05) is 44.4 Å². The van der Waals surface area contributed by atoms with E-state index in [0.717, 1.165) is 5.92 Å². The third-order valence-electron chi connectivity index (χ3n) is 2.84. The van der Waals surface area contributed by atoms with Crippen molar-refractivity contribution >= 4 is 0 Å². The highest BCUT2D eigenvalue weighted by atomic mass is 14.1. The van der Waals surface area contributed by atoms with Gasteiger partial charge in [0, 0.05) is 0 Å². The minimum atomic E-state index is 0.764. The molecule has 74 valence electrons. The SMILES string of the molecule is CCCCCC1=CC(C)CC=C1C. The Morgan fingerprint density at radius 3 is 2.85 bits per heavy atom. The monoisotopic (exact) mass is 178 g/mol. The summed E-state index contributed by atoms with van der Waals surface area (Å²) in [5.41, 5.74) is 3.13. The number of rotatable bonds is 4. The predicted molar refractivity (Wildman–Crippen MR) is 59.8 cm³/mol. The molecule has 0 heteroatoms. The minimum absolute atomic E-state index is 0.764. The summed E-state index contributed by atoms with van der Waals surface area (Å²) in [6.07, 6.45) is 11.4. The van der Waals surface area contributed by atoms with E-state index in [9.17, 15) is 0 Å². The van der Waals surface area contributed by atoms with Gasteiger partial charge in [0.1, 0.15) is 0 Å². The maximum Gasteiger partial charge on any atom is -0.0221 e. The first-order valence-electron chi connectivity index (χ1n) is 5.62. The van der Waals surface area contributed by atoms with Gasteiger partial charge in [-0.2, -0.15) is 0 Å². The summed E-state index contributed by atoms with van der Waals surface area (Å²) >= 11 is 0. The lowest BCUT2D eigenvalue weighted by atomic mass is 9.89. The largest absolute Gasteiger partial charge is 0.0808 e. The van der Waals surface area contributed by atoms with E-state index in [0.29, 0.717) is 0 Å². The summed E-state index contributed by atoms with van der Waals surface area (Å²) in [5, 5.41) is 0. The van der Waals surface area contributed by atoms with Gasteiger partial charge in [0.25, 0.3) is 0 Å². The summed E-state index contributed by atoms with van der Waals surface area (Å²) in [6, 6.07) is 0. The van der Waals surface area contributed by atoms with Crippen molar-refractivity contribution in [1.82, 2.24) is 0 Å². The molecule has 0 aromatic heterocycles. The zero-order valence-corrected chi connectivity index (χ0v) is 9.27. The van der Waals surface area contributed by atoms with Crippen LogP contribution in [0.2, 0.25) is 0 Å². The Labute approximate surface area is 82.7 Å². The lowest BCUT2D eigenvalue weighted by Gasteiger charge is -2.16. The lowest BCUT2D eigenvalue weighted by Crippen LogP contribution is -1.99. The van der Waals surface area contributed by atoms with Crippen molar-refractivity contribution < 1.29 is 0 Å². The Bertz CT molecular complexity index is 208. The highest BCUT2D eigenvalue weighted by Crippen LogP contribution is 2.26. The van der Waals surface area contributed by atoms with Crippen molar-refractivity contribution in [3.05, 3.63) is 23.3 Å². The van der Waals surface area contributed by atoms with E-state index in [1.54, 1.807) is 5.57 Å². The Hall–Kier alpha value is -0.520. The van der Waals surface area contributed by atoms with Gasteiger partial charge in [-0.15, -0.1) is 0 Å². The van der Waals surface area contributed by atoms with Crippen LogP contribution in [0, 0.1) is 5.92 Å². The van der Waals surface area contributed by atoms with Crippen molar-refractivity contribution in [1.29, 1.82) is 0 Å². The topological polar surface area (TPSA) is 0 Å². The molecule has 0 aromatic rings. The highest BCUT2D eigenvalue weighted by molar-refractivity contribution is 5.32. The molecule has 13 heavy (non-hydrogen) atoms. The van der Waals surface area contributed by atoms with Crippen LogP contribution in [0.3, 0.4) is 0 Å². The smallest absolute Gasteiger partial charge is 0.0221 e. The first kappa shape index (κ1) is 10.6. The van der Waals surface area contributed by atoms with E-state index in [1.807, 2.05) is 0 Å².